The molecule has 0 radical (unpaired) electrons. The Balaban J connectivity index is 4.52. The van der Waals surface area contributed by atoms with Crippen LogP contribution in [0.3, 0.4) is 0 Å². The summed E-state index contributed by atoms with van der Waals surface area (Å²) >= 11 is 5.54. The Morgan fingerprint density at radius 2 is 1.75 bits per heavy atom. The summed E-state index contributed by atoms with van der Waals surface area (Å²) in [7, 11) is -1.48. The fourth-order valence-corrected chi connectivity index (χ4v) is 3.15. The molecule has 0 amide bonds. The van der Waals surface area contributed by atoms with E-state index in [1.165, 1.54) is 4.31 Å². The van der Waals surface area contributed by atoms with E-state index < -0.39 is 10.0 Å². The second-order valence-electron chi connectivity index (χ2n) is 5.27. The molecule has 3 nitrogen and oxygen atoms in total. The number of rotatable bonds is 6. The van der Waals surface area contributed by atoms with E-state index in [1.807, 2.05) is 27.7 Å². The molecule has 0 fully saturated rings. The number of hydrogen-bond donors (Lipinski definition) is 0. The van der Waals surface area contributed by atoms with Crippen molar-refractivity contribution >= 4 is 21.6 Å². The van der Waals surface area contributed by atoms with Crippen molar-refractivity contribution in [2.75, 3.05) is 18.7 Å². The molecule has 16 heavy (non-hydrogen) atoms. The van der Waals surface area contributed by atoms with Crippen molar-refractivity contribution in [1.29, 1.82) is 0 Å². The zero-order valence-corrected chi connectivity index (χ0v) is 12.5. The van der Waals surface area contributed by atoms with Crippen LogP contribution in [0.2, 0.25) is 0 Å². The largest absolute Gasteiger partial charge is 0.214 e. The molecule has 0 aliphatic heterocycles. The number of nitrogens with zero attached hydrogens (tertiary/aromatic N) is 1. The van der Waals surface area contributed by atoms with Gasteiger partial charge in [0.2, 0.25) is 10.0 Å². The lowest BCUT2D eigenvalue weighted by atomic mass is 9.88. The Morgan fingerprint density at radius 1 is 1.25 bits per heavy atom. The van der Waals surface area contributed by atoms with Crippen molar-refractivity contribution in [1.82, 2.24) is 4.31 Å². The van der Waals surface area contributed by atoms with Crippen molar-refractivity contribution in [3.63, 3.8) is 0 Å². The quantitative estimate of drug-likeness (QED) is 0.549. The summed E-state index contributed by atoms with van der Waals surface area (Å²) in [4.78, 5) is 0. The molecule has 0 heterocycles. The van der Waals surface area contributed by atoms with Gasteiger partial charge < -0.3 is 0 Å². The van der Waals surface area contributed by atoms with E-state index in [2.05, 4.69) is 0 Å². The molecule has 1 atom stereocenters. The maximum Gasteiger partial charge on any atom is 0.214 e. The summed E-state index contributed by atoms with van der Waals surface area (Å²) in [6.45, 7) is 8.08. The first-order valence-corrected chi connectivity index (χ1v) is 7.79. The van der Waals surface area contributed by atoms with E-state index >= 15 is 0 Å². The SMILES string of the molecule is CC(N(C)S(=O)(=O)CCCCCl)C(C)(C)C. The Bertz CT molecular complexity index is 296. The molecule has 0 aliphatic rings. The van der Waals surface area contributed by atoms with Gasteiger partial charge in [0.1, 0.15) is 0 Å². The molecule has 0 aromatic carbocycles. The topological polar surface area (TPSA) is 37.4 Å². The van der Waals surface area contributed by atoms with Gasteiger partial charge in [-0.25, -0.2) is 12.7 Å². The summed E-state index contributed by atoms with van der Waals surface area (Å²) < 4.78 is 25.4. The van der Waals surface area contributed by atoms with Crippen LogP contribution in [0.4, 0.5) is 0 Å². The Hall–Kier alpha value is 0.200. The third-order valence-corrected chi connectivity index (χ3v) is 5.29. The first kappa shape index (κ1) is 16.2. The van der Waals surface area contributed by atoms with E-state index in [9.17, 15) is 8.42 Å². The van der Waals surface area contributed by atoms with Crippen LogP contribution in [0.15, 0.2) is 0 Å². The van der Waals surface area contributed by atoms with Gasteiger partial charge in [-0.05, 0) is 25.2 Å². The van der Waals surface area contributed by atoms with Crippen molar-refractivity contribution in [3.05, 3.63) is 0 Å². The summed E-state index contributed by atoms with van der Waals surface area (Å²) in [5.74, 6) is 0.713. The highest BCUT2D eigenvalue weighted by Crippen LogP contribution is 2.25. The van der Waals surface area contributed by atoms with Crippen LogP contribution in [0.1, 0.15) is 40.5 Å². The third kappa shape index (κ3) is 5.02. The summed E-state index contributed by atoms with van der Waals surface area (Å²) in [6.07, 6.45) is 1.38. The van der Waals surface area contributed by atoms with Crippen LogP contribution >= 0.6 is 11.6 Å². The molecule has 98 valence electrons. The van der Waals surface area contributed by atoms with E-state index in [0.717, 1.165) is 6.42 Å². The van der Waals surface area contributed by atoms with Crippen LogP contribution in [-0.4, -0.2) is 37.4 Å². The van der Waals surface area contributed by atoms with Gasteiger partial charge in [0, 0.05) is 19.0 Å². The highest BCUT2D eigenvalue weighted by Gasteiger charge is 2.30. The minimum atomic E-state index is -3.14. The molecule has 0 bridgehead atoms. The zero-order chi connectivity index (χ0) is 13.0. The van der Waals surface area contributed by atoms with Crippen molar-refractivity contribution in [2.45, 2.75) is 46.6 Å². The van der Waals surface area contributed by atoms with E-state index in [1.54, 1.807) is 7.05 Å². The lowest BCUT2D eigenvalue weighted by molar-refractivity contribution is 0.216. The van der Waals surface area contributed by atoms with Crippen LogP contribution in [0, 0.1) is 5.41 Å². The molecule has 0 saturated heterocycles. The predicted molar refractivity (Wildman–Crippen MR) is 70.4 cm³/mol. The van der Waals surface area contributed by atoms with Gasteiger partial charge in [0.25, 0.3) is 0 Å². The second kappa shape index (κ2) is 6.22. The molecular weight excluding hydrogens is 246 g/mol. The van der Waals surface area contributed by atoms with Gasteiger partial charge >= 0.3 is 0 Å². The summed E-state index contributed by atoms with van der Waals surface area (Å²) in [6, 6.07) is -0.00602. The van der Waals surface area contributed by atoms with Crippen molar-refractivity contribution < 1.29 is 8.42 Å². The lowest BCUT2D eigenvalue weighted by Crippen LogP contribution is -2.43. The lowest BCUT2D eigenvalue weighted by Gasteiger charge is -2.34. The Labute approximate surface area is 105 Å². The standard InChI is InChI=1S/C11H24ClNO2S/c1-10(11(2,3)4)13(5)16(14,15)9-7-6-8-12/h10H,6-9H2,1-5H3. The highest BCUT2D eigenvalue weighted by molar-refractivity contribution is 7.89. The number of unbranched alkanes of at least 4 members (excludes halogenated alkanes) is 1. The third-order valence-electron chi connectivity index (χ3n) is 3.02. The molecule has 5 heteroatoms. The average Bonchev–Trinajstić information content (AvgIpc) is 2.14. The molecule has 1 unspecified atom stereocenters. The fraction of sp³-hybridized carbons (Fsp3) is 1.00. The molecule has 0 rings (SSSR count). The van der Waals surface area contributed by atoms with Gasteiger partial charge in [-0.1, -0.05) is 20.8 Å². The molecular formula is C11H24ClNO2S. The minimum Gasteiger partial charge on any atom is -0.212 e. The van der Waals surface area contributed by atoms with Crippen molar-refractivity contribution in [2.24, 2.45) is 5.41 Å². The van der Waals surface area contributed by atoms with Crippen LogP contribution < -0.4 is 0 Å². The maximum atomic E-state index is 12.0. The van der Waals surface area contributed by atoms with E-state index in [4.69, 9.17) is 11.6 Å². The van der Waals surface area contributed by atoms with Gasteiger partial charge in [-0.15, -0.1) is 11.6 Å². The maximum absolute atomic E-state index is 12.0. The first-order chi connectivity index (χ1) is 7.13. The fourth-order valence-electron chi connectivity index (χ4n) is 1.31. The van der Waals surface area contributed by atoms with Crippen LogP contribution in [0.5, 0.6) is 0 Å². The van der Waals surface area contributed by atoms with Gasteiger partial charge in [-0.3, -0.25) is 0 Å². The number of halogens is 1. The zero-order valence-electron chi connectivity index (χ0n) is 11.0. The first-order valence-electron chi connectivity index (χ1n) is 5.64. The number of sulfonamides is 1. The number of hydrogen-bond acceptors (Lipinski definition) is 2. The molecule has 0 saturated carbocycles. The van der Waals surface area contributed by atoms with Crippen LogP contribution in [-0.2, 0) is 10.0 Å². The van der Waals surface area contributed by atoms with E-state index in [0.29, 0.717) is 12.3 Å². The molecule has 0 aliphatic carbocycles. The normalized spacial score (nSPS) is 15.4. The number of alkyl halides is 1. The Morgan fingerprint density at radius 3 is 2.12 bits per heavy atom. The smallest absolute Gasteiger partial charge is 0.212 e. The monoisotopic (exact) mass is 269 g/mol. The predicted octanol–water partition coefficient (Wildman–Crippen LogP) is 2.70. The Kier molecular flexibility index (Phi) is 6.30. The highest BCUT2D eigenvalue weighted by atomic mass is 35.5. The molecule has 0 N–H and O–H groups in total. The minimum absolute atomic E-state index is 0.00602. The van der Waals surface area contributed by atoms with Crippen LogP contribution in [0.25, 0.3) is 0 Å². The molecule has 0 aromatic heterocycles. The summed E-state index contributed by atoms with van der Waals surface area (Å²) in [5.41, 5.74) is -0.0473. The van der Waals surface area contributed by atoms with E-state index in [-0.39, 0.29) is 17.2 Å². The van der Waals surface area contributed by atoms with Crippen molar-refractivity contribution in [3.8, 4) is 0 Å². The second-order valence-corrected chi connectivity index (χ2v) is 7.80. The average molecular weight is 270 g/mol. The molecule has 0 aromatic rings. The van der Waals surface area contributed by atoms with Gasteiger partial charge in [0.15, 0.2) is 0 Å². The molecule has 0 spiro atoms. The van der Waals surface area contributed by atoms with Gasteiger partial charge in [0.05, 0.1) is 5.75 Å². The van der Waals surface area contributed by atoms with Gasteiger partial charge in [-0.2, -0.15) is 0 Å². The summed E-state index contributed by atoms with van der Waals surface area (Å²) in [5, 5.41) is 0.